The molecule has 20 heavy (non-hydrogen) atoms. The second kappa shape index (κ2) is 5.62. The maximum absolute atomic E-state index is 13.5. The first-order valence-electron chi connectivity index (χ1n) is 5.29. The highest BCUT2D eigenvalue weighted by molar-refractivity contribution is 9.10. The monoisotopic (exact) mass is 347 g/mol. The van der Waals surface area contributed by atoms with E-state index < -0.39 is 40.4 Å². The molecule has 1 amide bonds. The molecule has 0 aromatic heterocycles. The topological polar surface area (TPSA) is 29.1 Å². The molecule has 0 unspecified atom stereocenters. The Labute approximate surface area is 119 Å². The summed E-state index contributed by atoms with van der Waals surface area (Å²) in [6, 6.07) is 3.89. The van der Waals surface area contributed by atoms with Gasteiger partial charge < -0.3 is 5.32 Å². The molecule has 0 aliphatic carbocycles. The van der Waals surface area contributed by atoms with Gasteiger partial charge in [0, 0.05) is 12.1 Å². The maximum Gasteiger partial charge on any atom is 0.258 e. The molecule has 0 saturated carbocycles. The van der Waals surface area contributed by atoms with Crippen LogP contribution in [-0.2, 0) is 0 Å². The van der Waals surface area contributed by atoms with Gasteiger partial charge in [-0.15, -0.1) is 0 Å². The molecule has 0 bridgehead atoms. The SMILES string of the molecule is O=C(Nc1cc(F)c(Br)cc1F)c1ccc(F)cc1F. The fourth-order valence-electron chi connectivity index (χ4n) is 1.48. The standard InChI is InChI=1S/C13H6BrF4NO/c14-8-4-11(18)12(5-10(8)17)19-13(20)7-2-1-6(15)3-9(7)16/h1-5H,(H,19,20). The molecule has 2 aromatic carbocycles. The van der Waals surface area contributed by atoms with Crippen molar-refractivity contribution in [2.75, 3.05) is 5.32 Å². The Kier molecular flexibility index (Phi) is 4.08. The summed E-state index contributed by atoms with van der Waals surface area (Å²) >= 11 is 2.78. The van der Waals surface area contributed by atoms with Crippen LogP contribution in [0.25, 0.3) is 0 Å². The molecule has 0 saturated heterocycles. The third-order valence-corrected chi connectivity index (χ3v) is 3.04. The zero-order chi connectivity index (χ0) is 14.9. The van der Waals surface area contributed by atoms with E-state index in [1.165, 1.54) is 0 Å². The van der Waals surface area contributed by atoms with Crippen LogP contribution in [0.3, 0.4) is 0 Å². The van der Waals surface area contributed by atoms with Crippen molar-refractivity contribution in [2.24, 2.45) is 0 Å². The molecule has 0 fully saturated rings. The summed E-state index contributed by atoms with van der Waals surface area (Å²) in [5.41, 5.74) is -0.923. The average molecular weight is 348 g/mol. The fourth-order valence-corrected chi connectivity index (χ4v) is 1.80. The Morgan fingerprint density at radius 2 is 1.65 bits per heavy atom. The normalized spacial score (nSPS) is 10.4. The fraction of sp³-hybridized carbons (Fsp3) is 0. The number of rotatable bonds is 2. The lowest BCUT2D eigenvalue weighted by Gasteiger charge is -2.08. The Balaban J connectivity index is 2.30. The molecule has 7 heteroatoms. The van der Waals surface area contributed by atoms with Gasteiger partial charge >= 0.3 is 0 Å². The van der Waals surface area contributed by atoms with Crippen molar-refractivity contribution in [1.29, 1.82) is 0 Å². The zero-order valence-corrected chi connectivity index (χ0v) is 11.3. The number of nitrogens with one attached hydrogen (secondary N) is 1. The molecule has 0 radical (unpaired) electrons. The van der Waals surface area contributed by atoms with Crippen LogP contribution in [-0.4, -0.2) is 5.91 Å². The Bertz CT molecular complexity index is 690. The molecule has 2 rings (SSSR count). The van der Waals surface area contributed by atoms with E-state index in [1.807, 2.05) is 5.32 Å². The van der Waals surface area contributed by atoms with Crippen molar-refractivity contribution < 1.29 is 22.4 Å². The first-order valence-corrected chi connectivity index (χ1v) is 6.08. The number of carbonyl (C=O) groups excluding carboxylic acids is 1. The van der Waals surface area contributed by atoms with Gasteiger partial charge in [0.25, 0.3) is 5.91 Å². The van der Waals surface area contributed by atoms with Crippen LogP contribution < -0.4 is 5.32 Å². The predicted molar refractivity (Wildman–Crippen MR) is 68.4 cm³/mol. The van der Waals surface area contributed by atoms with E-state index in [4.69, 9.17) is 0 Å². The number of hydrogen-bond acceptors (Lipinski definition) is 1. The van der Waals surface area contributed by atoms with Crippen molar-refractivity contribution in [3.63, 3.8) is 0 Å². The predicted octanol–water partition coefficient (Wildman–Crippen LogP) is 4.26. The molecular formula is C13H6BrF4NO. The first kappa shape index (κ1) is 14.5. The minimum atomic E-state index is -1.10. The van der Waals surface area contributed by atoms with Crippen LogP contribution in [0.1, 0.15) is 10.4 Å². The highest BCUT2D eigenvalue weighted by atomic mass is 79.9. The Hall–Kier alpha value is -1.89. The van der Waals surface area contributed by atoms with Crippen LogP contribution in [0.2, 0.25) is 0 Å². The summed E-state index contributed by atoms with van der Waals surface area (Å²) in [5.74, 6) is -4.64. The van der Waals surface area contributed by atoms with Gasteiger partial charge in [0.1, 0.15) is 23.3 Å². The zero-order valence-electron chi connectivity index (χ0n) is 9.68. The summed E-state index contributed by atoms with van der Waals surface area (Å²) in [4.78, 5) is 11.7. The van der Waals surface area contributed by atoms with Gasteiger partial charge in [-0.2, -0.15) is 0 Å². The highest BCUT2D eigenvalue weighted by Crippen LogP contribution is 2.24. The van der Waals surface area contributed by atoms with Gasteiger partial charge in [-0.3, -0.25) is 4.79 Å². The van der Waals surface area contributed by atoms with Crippen LogP contribution in [0, 0.1) is 23.3 Å². The summed E-state index contributed by atoms with van der Waals surface area (Å²) in [6.07, 6.45) is 0. The van der Waals surface area contributed by atoms with Gasteiger partial charge in [-0.05, 0) is 34.1 Å². The smallest absolute Gasteiger partial charge is 0.258 e. The number of amides is 1. The van der Waals surface area contributed by atoms with Crippen LogP contribution in [0.4, 0.5) is 23.2 Å². The minimum Gasteiger partial charge on any atom is -0.319 e. The quantitative estimate of drug-likeness (QED) is 0.638. The Morgan fingerprint density at radius 3 is 2.30 bits per heavy atom. The largest absolute Gasteiger partial charge is 0.319 e. The summed E-state index contributed by atoms with van der Waals surface area (Å²) < 4.78 is 52.7. The van der Waals surface area contributed by atoms with Gasteiger partial charge in [0.15, 0.2) is 0 Å². The number of halogens is 5. The van der Waals surface area contributed by atoms with E-state index in [1.54, 1.807) is 0 Å². The van der Waals surface area contributed by atoms with Crippen molar-refractivity contribution in [3.8, 4) is 0 Å². The molecular weight excluding hydrogens is 342 g/mol. The lowest BCUT2D eigenvalue weighted by Crippen LogP contribution is -2.15. The molecule has 2 nitrogen and oxygen atoms in total. The van der Waals surface area contributed by atoms with E-state index in [2.05, 4.69) is 15.9 Å². The van der Waals surface area contributed by atoms with Crippen molar-refractivity contribution in [3.05, 3.63) is 63.6 Å². The van der Waals surface area contributed by atoms with E-state index in [9.17, 15) is 22.4 Å². The van der Waals surface area contributed by atoms with Crippen LogP contribution in [0.15, 0.2) is 34.8 Å². The van der Waals surface area contributed by atoms with Crippen molar-refractivity contribution >= 4 is 27.5 Å². The molecule has 0 spiro atoms. The number of benzene rings is 2. The second-order valence-electron chi connectivity index (χ2n) is 3.82. The lowest BCUT2D eigenvalue weighted by atomic mass is 10.2. The molecule has 0 aliphatic rings. The maximum atomic E-state index is 13.5. The van der Waals surface area contributed by atoms with E-state index in [0.717, 1.165) is 24.3 Å². The second-order valence-corrected chi connectivity index (χ2v) is 4.68. The lowest BCUT2D eigenvalue weighted by molar-refractivity contribution is 0.102. The van der Waals surface area contributed by atoms with Gasteiger partial charge in [0.2, 0.25) is 0 Å². The molecule has 104 valence electrons. The molecule has 0 aliphatic heterocycles. The van der Waals surface area contributed by atoms with Gasteiger partial charge in [-0.1, -0.05) is 0 Å². The van der Waals surface area contributed by atoms with Crippen LogP contribution in [0.5, 0.6) is 0 Å². The third kappa shape index (κ3) is 2.98. The minimum absolute atomic E-state index is 0.110. The third-order valence-electron chi connectivity index (χ3n) is 2.43. The summed E-state index contributed by atoms with van der Waals surface area (Å²) in [7, 11) is 0. The molecule has 0 heterocycles. The number of hydrogen-bond donors (Lipinski definition) is 1. The molecule has 1 N–H and O–H groups in total. The highest BCUT2D eigenvalue weighted by Gasteiger charge is 2.16. The number of carbonyl (C=O) groups is 1. The van der Waals surface area contributed by atoms with E-state index >= 15 is 0 Å². The van der Waals surface area contributed by atoms with Gasteiger partial charge in [-0.25, -0.2) is 17.6 Å². The summed E-state index contributed by atoms with van der Waals surface area (Å²) in [6.45, 7) is 0. The molecule has 2 aromatic rings. The number of anilines is 1. The van der Waals surface area contributed by atoms with E-state index in [0.29, 0.717) is 6.07 Å². The van der Waals surface area contributed by atoms with Crippen LogP contribution >= 0.6 is 15.9 Å². The van der Waals surface area contributed by atoms with E-state index in [-0.39, 0.29) is 4.47 Å². The summed E-state index contributed by atoms with van der Waals surface area (Å²) in [5, 5.41) is 2.02. The van der Waals surface area contributed by atoms with Crippen molar-refractivity contribution in [1.82, 2.24) is 0 Å². The van der Waals surface area contributed by atoms with Gasteiger partial charge in [0.05, 0.1) is 15.7 Å². The first-order chi connectivity index (χ1) is 9.38. The van der Waals surface area contributed by atoms with Crippen molar-refractivity contribution in [2.45, 2.75) is 0 Å². The Morgan fingerprint density at radius 1 is 0.950 bits per heavy atom. The average Bonchev–Trinajstić information content (AvgIpc) is 2.35. The molecule has 0 atom stereocenters.